The first-order chi connectivity index (χ1) is 13.7. The number of nitrogens with one attached hydrogen (secondary N) is 1. The molecule has 1 aliphatic heterocycles. The van der Waals surface area contributed by atoms with Crippen molar-refractivity contribution in [1.82, 2.24) is 4.65 Å². The molecule has 0 aromatic carbocycles. The number of nitrogens with zero attached hydrogens (tertiary/aromatic N) is 3. The van der Waals surface area contributed by atoms with Gasteiger partial charge in [0.05, 0.1) is 31.0 Å². The van der Waals surface area contributed by atoms with Crippen LogP contribution in [0, 0.1) is 34.0 Å². The van der Waals surface area contributed by atoms with Crippen molar-refractivity contribution in [2.75, 3.05) is 13.2 Å². The number of nitriles is 3. The number of hydrogen-bond donors (Lipinski definition) is 1. The molecule has 0 atom stereocenters. The summed E-state index contributed by atoms with van der Waals surface area (Å²) >= 11 is 0. The highest BCUT2D eigenvalue weighted by Crippen LogP contribution is 2.31. The molecule has 1 N–H and O–H groups in total. The topological polar surface area (TPSA) is 102 Å². The Bertz CT molecular complexity index is 539. The van der Waals surface area contributed by atoms with Crippen LogP contribution in [-0.2, 0) is 8.85 Å². The molecule has 0 bridgehead atoms. The van der Waals surface area contributed by atoms with Crippen molar-refractivity contribution in [1.29, 1.82) is 15.8 Å². The summed E-state index contributed by atoms with van der Waals surface area (Å²) in [6.45, 7) is 21.8. The van der Waals surface area contributed by atoms with Crippen LogP contribution in [-0.4, -0.2) is 46.3 Å². The van der Waals surface area contributed by atoms with Crippen molar-refractivity contribution in [3.8, 4) is 18.2 Å². The van der Waals surface area contributed by atoms with Crippen molar-refractivity contribution in [3.05, 3.63) is 0 Å². The summed E-state index contributed by atoms with van der Waals surface area (Å²) in [6, 6.07) is 6.01. The molecule has 0 aromatic rings. The van der Waals surface area contributed by atoms with Crippen LogP contribution < -0.4 is 4.65 Å². The Morgan fingerprint density at radius 1 is 0.774 bits per heavy atom. The molecule has 1 rings (SSSR count). The molecule has 10 heteroatoms. The van der Waals surface area contributed by atoms with E-state index in [0.29, 0.717) is 32.5 Å². The average molecular weight is 501 g/mol. The van der Waals surface area contributed by atoms with Crippen LogP contribution in [0.1, 0.15) is 40.0 Å². The predicted molar refractivity (Wildman–Crippen MR) is 142 cm³/mol. The van der Waals surface area contributed by atoms with E-state index < -0.39 is 33.1 Å². The lowest BCUT2D eigenvalue weighted by molar-refractivity contribution is 0.186. The summed E-state index contributed by atoms with van der Waals surface area (Å²) in [6.07, 6.45) is 2.45. The Labute approximate surface area is 197 Å². The molecule has 0 aromatic heterocycles. The highest BCUT2D eigenvalue weighted by molar-refractivity contribution is 7.09. The van der Waals surface area contributed by atoms with Gasteiger partial charge in [-0.2, -0.15) is 15.8 Å². The Balaban J connectivity index is -0.000000407. The van der Waals surface area contributed by atoms with E-state index in [9.17, 15) is 0 Å². The lowest BCUT2D eigenvalue weighted by Gasteiger charge is -2.47. The minimum Gasteiger partial charge on any atom is -0.393 e. The van der Waals surface area contributed by atoms with E-state index in [0.717, 1.165) is 6.42 Å². The lowest BCUT2D eigenvalue weighted by atomic mass is 10.4. The standard InChI is InChI=1S/C8H14N2O2Si.C8H23NSi3.C4H7N.CH4/c1-13(2,11-7-3-5-9)12-8-4-6-10;1-10(2)7-11(3,4)9-12(5,6)8-10;1-2-3-4-5;/h3-4,7-8H2,1-2H3;9H,7-8H2,1-6H3;2-3H2,1H3;1H4. The maximum absolute atomic E-state index is 8.28. The molecule has 6 nitrogen and oxygen atoms in total. The van der Waals surface area contributed by atoms with E-state index in [1.807, 2.05) is 38.2 Å². The fourth-order valence-electron chi connectivity index (χ4n) is 4.30. The van der Waals surface area contributed by atoms with Crippen LogP contribution in [0.3, 0.4) is 0 Å². The van der Waals surface area contributed by atoms with Gasteiger partial charge in [0.25, 0.3) is 0 Å². The predicted octanol–water partition coefficient (Wildman–Crippen LogP) is 6.28. The molecule has 1 heterocycles. The van der Waals surface area contributed by atoms with Crippen LogP contribution in [0.25, 0.3) is 0 Å². The largest absolute Gasteiger partial charge is 0.393 e. The molecule has 1 aliphatic rings. The second-order valence-corrected chi connectivity index (χ2v) is 29.3. The number of rotatable bonds is 7. The van der Waals surface area contributed by atoms with Crippen LogP contribution in [0.2, 0.25) is 63.7 Å². The maximum Gasteiger partial charge on any atom is 0.331 e. The maximum atomic E-state index is 8.28. The van der Waals surface area contributed by atoms with E-state index in [-0.39, 0.29) is 7.43 Å². The van der Waals surface area contributed by atoms with Crippen molar-refractivity contribution in [2.24, 2.45) is 0 Å². The molecule has 180 valence electrons. The average Bonchev–Trinajstić information content (AvgIpc) is 2.52. The van der Waals surface area contributed by atoms with Gasteiger partial charge in [0.2, 0.25) is 0 Å². The van der Waals surface area contributed by atoms with Crippen molar-refractivity contribution >= 4 is 33.1 Å². The van der Waals surface area contributed by atoms with Gasteiger partial charge in [0.15, 0.2) is 0 Å². The van der Waals surface area contributed by atoms with Gasteiger partial charge in [-0.15, -0.1) is 0 Å². The normalized spacial score (nSPS) is 17.6. The molecule has 0 unspecified atom stereocenters. The van der Waals surface area contributed by atoms with Gasteiger partial charge >= 0.3 is 8.56 Å². The monoisotopic (exact) mass is 500 g/mol. The molecule has 31 heavy (non-hydrogen) atoms. The van der Waals surface area contributed by atoms with E-state index >= 15 is 0 Å². The first kappa shape index (κ1) is 34.8. The molecule has 0 aliphatic carbocycles. The molecule has 0 amide bonds. The van der Waals surface area contributed by atoms with E-state index in [1.165, 1.54) is 0 Å². The highest BCUT2D eigenvalue weighted by atomic mass is 28.5. The Morgan fingerprint density at radius 3 is 1.35 bits per heavy atom. The molecule has 1 fully saturated rings. The second-order valence-electron chi connectivity index (χ2n) is 10.2. The van der Waals surface area contributed by atoms with Gasteiger partial charge in [-0.3, -0.25) is 0 Å². The minimum absolute atomic E-state index is 0. The Kier molecular flexibility index (Phi) is 18.9. The van der Waals surface area contributed by atoms with Gasteiger partial charge in [-0.1, -0.05) is 53.6 Å². The molecule has 1 saturated heterocycles. The summed E-state index contributed by atoms with van der Waals surface area (Å²) in [5, 5.41) is 24.4. The van der Waals surface area contributed by atoms with Crippen LogP contribution >= 0.6 is 0 Å². The fraction of sp³-hybridized carbons (Fsp3) is 0.857. The van der Waals surface area contributed by atoms with Crippen LogP contribution in [0.5, 0.6) is 0 Å². The molecular formula is C21H48N4O2Si4. The Morgan fingerprint density at radius 2 is 1.13 bits per heavy atom. The molecule has 0 spiro atoms. The van der Waals surface area contributed by atoms with Crippen molar-refractivity contribution in [2.45, 2.75) is 104 Å². The van der Waals surface area contributed by atoms with E-state index in [4.69, 9.17) is 24.6 Å². The zero-order valence-corrected chi connectivity index (χ0v) is 24.8. The first-order valence-electron chi connectivity index (χ1n) is 10.8. The van der Waals surface area contributed by atoms with Gasteiger partial charge in [-0.25, -0.2) is 0 Å². The zero-order valence-electron chi connectivity index (χ0n) is 20.8. The SMILES string of the molecule is C.CCCC#N.C[Si](C)(OCCC#N)OCCC#N.C[Si]1(C)C[Si](C)(C)N[Si](C)(C)C1. The quantitative estimate of drug-likeness (QED) is 0.326. The molecule has 0 saturated carbocycles. The molecule has 0 radical (unpaired) electrons. The van der Waals surface area contributed by atoms with E-state index in [2.05, 4.69) is 43.9 Å². The van der Waals surface area contributed by atoms with Gasteiger partial charge in [-0.05, 0) is 30.8 Å². The van der Waals surface area contributed by atoms with Crippen molar-refractivity contribution < 1.29 is 8.85 Å². The first-order valence-corrected chi connectivity index (χ1v) is 23.5. The Hall–Kier alpha value is -0.782. The summed E-state index contributed by atoms with van der Waals surface area (Å²) < 4.78 is 14.8. The molecular weight excluding hydrogens is 453 g/mol. The van der Waals surface area contributed by atoms with Gasteiger partial charge in [0.1, 0.15) is 16.5 Å². The third kappa shape index (κ3) is 22.2. The lowest BCUT2D eigenvalue weighted by Crippen LogP contribution is -2.68. The van der Waals surface area contributed by atoms with Crippen LogP contribution in [0.4, 0.5) is 0 Å². The summed E-state index contributed by atoms with van der Waals surface area (Å²) in [5.74, 6) is 0. The summed E-state index contributed by atoms with van der Waals surface area (Å²) in [7, 11) is -4.86. The summed E-state index contributed by atoms with van der Waals surface area (Å²) in [5.41, 5.74) is 3.16. The van der Waals surface area contributed by atoms with Crippen molar-refractivity contribution in [3.63, 3.8) is 0 Å². The minimum atomic E-state index is -2.08. The fourth-order valence-corrected chi connectivity index (χ4v) is 36.0. The number of unbranched alkanes of at least 4 members (excludes halogenated alkanes) is 1. The second kappa shape index (κ2) is 16.8. The number of hydrogen-bond acceptors (Lipinski definition) is 6. The highest BCUT2D eigenvalue weighted by Gasteiger charge is 2.44. The summed E-state index contributed by atoms with van der Waals surface area (Å²) in [4.78, 5) is 0. The van der Waals surface area contributed by atoms with E-state index in [1.54, 1.807) is 11.3 Å². The van der Waals surface area contributed by atoms with Gasteiger partial charge < -0.3 is 13.5 Å². The zero-order chi connectivity index (χ0) is 23.9. The van der Waals surface area contributed by atoms with Crippen LogP contribution in [0.15, 0.2) is 0 Å². The third-order valence-corrected chi connectivity index (χ3v) is 26.1. The third-order valence-electron chi connectivity index (χ3n) is 4.21. The van der Waals surface area contributed by atoms with Gasteiger partial charge in [0, 0.05) is 27.7 Å². The smallest absolute Gasteiger partial charge is 0.331 e.